The number of rotatable bonds is 17. The number of fused-ring (bicyclic) bond motifs is 1. The van der Waals surface area contributed by atoms with Crippen LogP contribution in [0, 0.1) is 21.7 Å². The monoisotopic (exact) mass is 849 g/mol. The van der Waals surface area contributed by atoms with Crippen molar-refractivity contribution in [2.45, 2.75) is 143 Å². The summed E-state index contributed by atoms with van der Waals surface area (Å²) in [5.41, 5.74) is -0.359. The third-order valence-corrected chi connectivity index (χ3v) is 11.4. The zero-order valence-electron chi connectivity index (χ0n) is 36.7. The molecule has 2 aliphatic carbocycles. The van der Waals surface area contributed by atoms with Crippen LogP contribution < -0.4 is 16.0 Å². The number of carbonyl (C=O) groups excluding carboxylic acids is 6. The zero-order valence-corrected chi connectivity index (χ0v) is 36.7. The quantitative estimate of drug-likeness (QED) is 0.0721. The summed E-state index contributed by atoms with van der Waals surface area (Å²) < 4.78 is 43.9. The van der Waals surface area contributed by atoms with E-state index >= 15 is 0 Å². The molecule has 8 unspecified atom stereocenters. The highest BCUT2D eigenvalue weighted by molar-refractivity contribution is 5.87. The maximum absolute atomic E-state index is 13.2. The number of carbonyl (C=O) groups is 6. The highest BCUT2D eigenvalue weighted by Crippen LogP contribution is 2.49. The molecule has 4 rings (SSSR count). The van der Waals surface area contributed by atoms with Gasteiger partial charge in [0.1, 0.15) is 38.6 Å². The Hall–Kier alpha value is -4.38. The van der Waals surface area contributed by atoms with Crippen molar-refractivity contribution < 1.29 is 66.7 Å². The average Bonchev–Trinajstić information content (AvgIpc) is 3.70. The van der Waals surface area contributed by atoms with Gasteiger partial charge in [-0.25, -0.2) is 24.0 Å². The van der Waals surface area contributed by atoms with Crippen molar-refractivity contribution in [2.75, 3.05) is 46.2 Å². The normalized spacial score (nSPS) is 30.1. The van der Waals surface area contributed by atoms with E-state index < -0.39 is 54.6 Å². The maximum Gasteiger partial charge on any atom is 0.407 e. The van der Waals surface area contributed by atoms with Gasteiger partial charge in [0.2, 0.25) is 0 Å². The second-order valence-corrected chi connectivity index (χ2v) is 19.3. The molecule has 0 bridgehead atoms. The molecule has 3 amide bonds. The average molecular weight is 850 g/mol. The predicted molar refractivity (Wildman–Crippen MR) is 216 cm³/mol. The van der Waals surface area contributed by atoms with E-state index in [-0.39, 0.29) is 96.9 Å². The van der Waals surface area contributed by atoms with E-state index in [1.165, 1.54) is 6.92 Å². The molecular formula is C43H67N3O14. The summed E-state index contributed by atoms with van der Waals surface area (Å²) in [6, 6.07) is -0.439. The third kappa shape index (κ3) is 15.0. The molecule has 0 aromatic carbocycles. The Morgan fingerprint density at radius 2 is 1.03 bits per heavy atom. The summed E-state index contributed by atoms with van der Waals surface area (Å²) in [4.78, 5) is 74.4. The van der Waals surface area contributed by atoms with Gasteiger partial charge in [0.25, 0.3) is 0 Å². The molecule has 0 radical (unpaired) electrons. The highest BCUT2D eigenvalue weighted by atomic mass is 16.7. The van der Waals surface area contributed by atoms with Crippen LogP contribution in [0.25, 0.3) is 0 Å². The molecule has 2 heterocycles. The molecule has 17 heteroatoms. The van der Waals surface area contributed by atoms with Crippen LogP contribution in [0.3, 0.4) is 0 Å². The standard InChI is InChI=1S/C43H67N3O14/c1-26(2)35(48)54-14-13-53-32(47)11-12-42(9)19-28(17-40(5,6)23-42)45-38(51)59-30-21-57-34-31(22-58-33(30)34)60-39(52)46-29-18-41(7,8)24-43(10,20-29)25-44-37(50)56-16-15-55-36(49)27(3)4/h28-31,33-34H,1,3,11-25H2,2,4-10H3,(H,44,50)(H,45,51)(H,46,52). The molecule has 8 atom stereocenters. The largest absolute Gasteiger partial charge is 0.462 e. The number of alkyl carbamates (subject to hydrolysis) is 3. The van der Waals surface area contributed by atoms with E-state index in [2.05, 4.69) is 63.7 Å². The van der Waals surface area contributed by atoms with Gasteiger partial charge in [-0.2, -0.15) is 0 Å². The third-order valence-electron chi connectivity index (χ3n) is 11.4. The molecule has 4 aliphatic rings. The smallest absolute Gasteiger partial charge is 0.407 e. The molecule has 2 saturated carbocycles. The second kappa shape index (κ2) is 20.5. The SMILES string of the molecule is C=C(C)C(=O)OCCOC(=O)CCC1(C)CC(NC(=O)OC2COC3C(OC(=O)NC4CC(C)(C)CC(C)(CNC(=O)OCCOC(=O)C(=C)C)C4)COC23)CC(C)(C)C1. The maximum atomic E-state index is 13.2. The van der Waals surface area contributed by atoms with Crippen LogP contribution >= 0.6 is 0 Å². The summed E-state index contributed by atoms with van der Waals surface area (Å²) in [5.74, 6) is -1.47. The molecule has 4 fully saturated rings. The Balaban J connectivity index is 1.19. The lowest BCUT2D eigenvalue weighted by molar-refractivity contribution is -0.150. The van der Waals surface area contributed by atoms with Gasteiger partial charge in [0.15, 0.2) is 12.2 Å². The fourth-order valence-electron chi connectivity index (χ4n) is 9.72. The Kier molecular flexibility index (Phi) is 16.5. The molecule has 3 N–H and O–H groups in total. The van der Waals surface area contributed by atoms with Gasteiger partial charge >= 0.3 is 36.2 Å². The Morgan fingerprint density at radius 3 is 1.52 bits per heavy atom. The first-order valence-electron chi connectivity index (χ1n) is 20.9. The lowest BCUT2D eigenvalue weighted by Gasteiger charge is -2.46. The first kappa shape index (κ1) is 48.3. The van der Waals surface area contributed by atoms with Crippen LogP contribution in [0.15, 0.2) is 24.3 Å². The van der Waals surface area contributed by atoms with Crippen molar-refractivity contribution in [2.24, 2.45) is 21.7 Å². The van der Waals surface area contributed by atoms with Crippen LogP contribution in [-0.4, -0.2) is 119 Å². The first-order valence-corrected chi connectivity index (χ1v) is 20.9. The van der Waals surface area contributed by atoms with Gasteiger partial charge < -0.3 is 53.8 Å². The van der Waals surface area contributed by atoms with Gasteiger partial charge in [-0.15, -0.1) is 0 Å². The molecule has 17 nitrogen and oxygen atoms in total. The predicted octanol–water partition coefficient (Wildman–Crippen LogP) is 5.43. The number of nitrogens with one attached hydrogen (secondary N) is 3. The van der Waals surface area contributed by atoms with E-state index in [9.17, 15) is 28.8 Å². The minimum Gasteiger partial charge on any atom is -0.462 e. The zero-order chi connectivity index (χ0) is 44.5. The van der Waals surface area contributed by atoms with Crippen LogP contribution in [0.2, 0.25) is 0 Å². The number of amides is 3. The number of ether oxygens (including phenoxy) is 8. The molecule has 0 aromatic heterocycles. The van der Waals surface area contributed by atoms with Crippen LogP contribution in [0.4, 0.5) is 14.4 Å². The Morgan fingerprint density at radius 1 is 0.600 bits per heavy atom. The summed E-state index contributed by atoms with van der Waals surface area (Å²) in [5, 5.41) is 8.85. The molecular weight excluding hydrogens is 782 g/mol. The van der Waals surface area contributed by atoms with E-state index in [0.717, 1.165) is 19.3 Å². The van der Waals surface area contributed by atoms with E-state index in [0.29, 0.717) is 32.2 Å². The van der Waals surface area contributed by atoms with E-state index in [1.54, 1.807) is 6.92 Å². The molecule has 338 valence electrons. The minimum absolute atomic E-state index is 0.0342. The van der Waals surface area contributed by atoms with Crippen molar-refractivity contribution in [3.8, 4) is 0 Å². The topological polar surface area (TPSA) is 212 Å². The van der Waals surface area contributed by atoms with E-state index in [4.69, 9.17) is 37.9 Å². The van der Waals surface area contributed by atoms with E-state index in [1.807, 2.05) is 6.92 Å². The van der Waals surface area contributed by atoms with Gasteiger partial charge in [-0.1, -0.05) is 54.7 Å². The second-order valence-electron chi connectivity index (χ2n) is 19.3. The molecule has 0 aromatic rings. The van der Waals surface area contributed by atoms with Gasteiger partial charge in [-0.3, -0.25) is 4.79 Å². The van der Waals surface area contributed by atoms with Crippen molar-refractivity contribution in [3.05, 3.63) is 24.3 Å². The summed E-state index contributed by atoms with van der Waals surface area (Å²) >= 11 is 0. The molecule has 60 heavy (non-hydrogen) atoms. The molecule has 0 spiro atoms. The van der Waals surface area contributed by atoms with Crippen LogP contribution in [0.1, 0.15) is 107 Å². The minimum atomic E-state index is -0.710. The lowest BCUT2D eigenvalue weighted by Crippen LogP contribution is -2.51. The highest BCUT2D eigenvalue weighted by Gasteiger charge is 2.52. The molecule has 2 saturated heterocycles. The van der Waals surface area contributed by atoms with Crippen LogP contribution in [-0.2, 0) is 52.3 Å². The Labute approximate surface area is 353 Å². The van der Waals surface area contributed by atoms with Crippen molar-refractivity contribution in [3.63, 3.8) is 0 Å². The van der Waals surface area contributed by atoms with Gasteiger partial charge in [0.05, 0.1) is 13.2 Å². The number of hydrogen-bond acceptors (Lipinski definition) is 14. The number of esters is 3. The summed E-state index contributed by atoms with van der Waals surface area (Å²) in [7, 11) is 0. The van der Waals surface area contributed by atoms with Gasteiger partial charge in [0, 0.05) is 36.2 Å². The summed E-state index contributed by atoms with van der Waals surface area (Å²) in [6.45, 7) is 23.0. The number of hydrogen-bond donors (Lipinski definition) is 3. The fourth-order valence-corrected chi connectivity index (χ4v) is 9.72. The van der Waals surface area contributed by atoms with Crippen molar-refractivity contribution >= 4 is 36.2 Å². The Bertz CT molecular complexity index is 1500. The fraction of sp³-hybridized carbons (Fsp3) is 0.767. The van der Waals surface area contributed by atoms with Crippen molar-refractivity contribution in [1.82, 2.24) is 16.0 Å². The van der Waals surface area contributed by atoms with Gasteiger partial charge in [-0.05, 0) is 80.5 Å². The molecule has 2 aliphatic heterocycles. The first-order chi connectivity index (χ1) is 28.0. The summed E-state index contributed by atoms with van der Waals surface area (Å²) in [6.07, 6.45) is 0.546. The lowest BCUT2D eigenvalue weighted by atomic mass is 9.61. The van der Waals surface area contributed by atoms with Crippen LogP contribution in [0.5, 0.6) is 0 Å². The van der Waals surface area contributed by atoms with Crippen molar-refractivity contribution in [1.29, 1.82) is 0 Å².